The Labute approximate surface area is 98.4 Å². The van der Waals surface area contributed by atoms with Crippen molar-refractivity contribution in [2.24, 2.45) is 11.8 Å². The average Bonchev–Trinajstić information content (AvgIpc) is 2.58. The number of hydrogen-bond acceptors (Lipinski definition) is 3. The third-order valence-electron chi connectivity index (χ3n) is 3.57. The molecule has 0 aromatic carbocycles. The third kappa shape index (κ3) is 2.13. The van der Waals surface area contributed by atoms with Gasteiger partial charge in [-0.25, -0.2) is 8.42 Å². The lowest BCUT2D eigenvalue weighted by molar-refractivity contribution is 0.333. The van der Waals surface area contributed by atoms with E-state index in [2.05, 4.69) is 5.32 Å². The van der Waals surface area contributed by atoms with Crippen LogP contribution in [0.4, 0.5) is 0 Å². The first-order chi connectivity index (χ1) is 7.42. The van der Waals surface area contributed by atoms with Gasteiger partial charge in [-0.05, 0) is 31.7 Å². The molecule has 0 spiro atoms. The van der Waals surface area contributed by atoms with Gasteiger partial charge in [0.25, 0.3) is 0 Å². The number of nitrogens with zero attached hydrogens (tertiary/aromatic N) is 1. The van der Waals surface area contributed by atoms with Crippen LogP contribution in [0, 0.1) is 11.8 Å². The lowest BCUT2D eigenvalue weighted by Gasteiger charge is -2.27. The van der Waals surface area contributed by atoms with E-state index in [-0.39, 0.29) is 23.8 Å². The normalized spacial score (nSPS) is 35.9. The molecule has 3 unspecified atom stereocenters. The van der Waals surface area contributed by atoms with Crippen LogP contribution in [0.15, 0.2) is 0 Å². The summed E-state index contributed by atoms with van der Waals surface area (Å²) in [5, 5.41) is 3.29. The lowest BCUT2D eigenvalue weighted by atomic mass is 10.0. The van der Waals surface area contributed by atoms with Gasteiger partial charge < -0.3 is 5.32 Å². The van der Waals surface area contributed by atoms with Crippen LogP contribution in [0.1, 0.15) is 27.2 Å². The SMILES string of the molecule is CC(C)CS(=O)(=O)N1C(C)CC2CNCC21. The summed E-state index contributed by atoms with van der Waals surface area (Å²) in [7, 11) is -3.07. The molecule has 94 valence electrons. The Hall–Kier alpha value is -0.130. The summed E-state index contributed by atoms with van der Waals surface area (Å²) in [4.78, 5) is 0. The Bertz CT molecular complexity index is 353. The molecule has 0 saturated carbocycles. The number of hydrogen-bond donors (Lipinski definition) is 1. The number of rotatable bonds is 3. The first-order valence-electron chi connectivity index (χ1n) is 6.13. The van der Waals surface area contributed by atoms with Crippen molar-refractivity contribution < 1.29 is 8.42 Å². The minimum atomic E-state index is -3.07. The Morgan fingerprint density at radius 3 is 2.69 bits per heavy atom. The summed E-state index contributed by atoms with van der Waals surface area (Å²) < 4.78 is 26.4. The van der Waals surface area contributed by atoms with Crippen LogP contribution in [-0.2, 0) is 10.0 Å². The third-order valence-corrected chi connectivity index (χ3v) is 5.94. The molecular formula is C11H22N2O2S. The van der Waals surface area contributed by atoms with E-state index in [4.69, 9.17) is 0 Å². The molecule has 2 aliphatic heterocycles. The molecule has 4 nitrogen and oxygen atoms in total. The van der Waals surface area contributed by atoms with Crippen molar-refractivity contribution in [2.45, 2.75) is 39.3 Å². The predicted octanol–water partition coefficient (Wildman–Crippen LogP) is 0.654. The van der Waals surface area contributed by atoms with E-state index in [9.17, 15) is 8.42 Å². The monoisotopic (exact) mass is 246 g/mol. The number of fused-ring (bicyclic) bond motifs is 1. The quantitative estimate of drug-likeness (QED) is 0.795. The Balaban J connectivity index is 2.19. The molecule has 0 aliphatic carbocycles. The van der Waals surface area contributed by atoms with Gasteiger partial charge in [-0.15, -0.1) is 0 Å². The van der Waals surface area contributed by atoms with Crippen molar-refractivity contribution in [3.05, 3.63) is 0 Å². The Morgan fingerprint density at radius 1 is 1.38 bits per heavy atom. The van der Waals surface area contributed by atoms with Crippen molar-refractivity contribution in [1.29, 1.82) is 0 Å². The first-order valence-corrected chi connectivity index (χ1v) is 7.74. The van der Waals surface area contributed by atoms with E-state index in [0.29, 0.717) is 5.92 Å². The zero-order chi connectivity index (χ0) is 11.9. The fourth-order valence-electron chi connectivity index (χ4n) is 3.11. The largest absolute Gasteiger partial charge is 0.315 e. The van der Waals surface area contributed by atoms with Crippen LogP contribution < -0.4 is 5.32 Å². The summed E-state index contributed by atoms with van der Waals surface area (Å²) >= 11 is 0. The average molecular weight is 246 g/mol. The van der Waals surface area contributed by atoms with Crippen molar-refractivity contribution >= 4 is 10.0 Å². The molecular weight excluding hydrogens is 224 g/mol. The molecule has 0 amide bonds. The maximum atomic E-state index is 12.3. The minimum absolute atomic E-state index is 0.181. The van der Waals surface area contributed by atoms with Gasteiger partial charge in [0.05, 0.1) is 5.75 Å². The highest BCUT2D eigenvalue weighted by molar-refractivity contribution is 7.89. The lowest BCUT2D eigenvalue weighted by Crippen LogP contribution is -2.44. The van der Waals surface area contributed by atoms with Gasteiger partial charge in [0, 0.05) is 18.6 Å². The van der Waals surface area contributed by atoms with E-state index in [1.807, 2.05) is 20.8 Å². The fourth-order valence-corrected chi connectivity index (χ4v) is 5.42. The summed E-state index contributed by atoms with van der Waals surface area (Å²) in [6, 6.07) is 0.389. The van der Waals surface area contributed by atoms with Crippen LogP contribution >= 0.6 is 0 Å². The van der Waals surface area contributed by atoms with Crippen molar-refractivity contribution in [3.63, 3.8) is 0 Å². The Kier molecular flexibility index (Phi) is 3.29. The van der Waals surface area contributed by atoms with E-state index in [1.165, 1.54) is 0 Å². The second kappa shape index (κ2) is 4.27. The Morgan fingerprint density at radius 2 is 2.06 bits per heavy atom. The summed E-state index contributed by atoms with van der Waals surface area (Å²) in [5.41, 5.74) is 0. The molecule has 0 bridgehead atoms. The van der Waals surface area contributed by atoms with Crippen molar-refractivity contribution in [3.8, 4) is 0 Å². The van der Waals surface area contributed by atoms with Crippen LogP contribution in [0.25, 0.3) is 0 Å². The van der Waals surface area contributed by atoms with Gasteiger partial charge in [0.1, 0.15) is 0 Å². The zero-order valence-electron chi connectivity index (χ0n) is 10.3. The molecule has 3 atom stereocenters. The highest BCUT2D eigenvalue weighted by Crippen LogP contribution is 2.34. The second-order valence-electron chi connectivity index (χ2n) is 5.57. The maximum Gasteiger partial charge on any atom is 0.214 e. The zero-order valence-corrected chi connectivity index (χ0v) is 11.1. The van der Waals surface area contributed by atoms with E-state index >= 15 is 0 Å². The molecule has 2 saturated heterocycles. The molecule has 0 radical (unpaired) electrons. The topological polar surface area (TPSA) is 49.4 Å². The van der Waals surface area contributed by atoms with Gasteiger partial charge >= 0.3 is 0 Å². The molecule has 16 heavy (non-hydrogen) atoms. The summed E-state index contributed by atoms with van der Waals surface area (Å²) in [6.45, 7) is 7.76. The van der Waals surface area contributed by atoms with Crippen LogP contribution in [-0.4, -0.2) is 43.6 Å². The summed E-state index contributed by atoms with van der Waals surface area (Å²) in [5.74, 6) is 1.00. The van der Waals surface area contributed by atoms with Gasteiger partial charge in [-0.1, -0.05) is 13.8 Å². The van der Waals surface area contributed by atoms with E-state index in [0.717, 1.165) is 19.5 Å². The van der Waals surface area contributed by atoms with Crippen LogP contribution in [0.5, 0.6) is 0 Å². The molecule has 0 aromatic heterocycles. The van der Waals surface area contributed by atoms with Gasteiger partial charge in [-0.3, -0.25) is 0 Å². The maximum absolute atomic E-state index is 12.3. The highest BCUT2D eigenvalue weighted by Gasteiger charge is 2.47. The minimum Gasteiger partial charge on any atom is -0.315 e. The van der Waals surface area contributed by atoms with Gasteiger partial charge in [0.15, 0.2) is 0 Å². The fraction of sp³-hybridized carbons (Fsp3) is 1.00. The molecule has 0 aromatic rings. The molecule has 5 heteroatoms. The molecule has 2 fully saturated rings. The van der Waals surface area contributed by atoms with Crippen molar-refractivity contribution in [1.82, 2.24) is 9.62 Å². The van der Waals surface area contributed by atoms with Crippen LogP contribution in [0.3, 0.4) is 0 Å². The summed E-state index contributed by atoms with van der Waals surface area (Å²) in [6.07, 6.45) is 1.01. The smallest absolute Gasteiger partial charge is 0.214 e. The molecule has 2 heterocycles. The van der Waals surface area contributed by atoms with Crippen LogP contribution in [0.2, 0.25) is 0 Å². The van der Waals surface area contributed by atoms with Crippen molar-refractivity contribution in [2.75, 3.05) is 18.8 Å². The highest BCUT2D eigenvalue weighted by atomic mass is 32.2. The number of sulfonamides is 1. The molecule has 2 rings (SSSR count). The standard InChI is InChI=1S/C11H22N2O2S/c1-8(2)7-16(14,15)13-9(3)4-10-5-12-6-11(10)13/h8-12H,4-7H2,1-3H3. The van der Waals surface area contributed by atoms with Gasteiger partial charge in [0.2, 0.25) is 10.0 Å². The molecule has 1 N–H and O–H groups in total. The van der Waals surface area contributed by atoms with E-state index in [1.54, 1.807) is 4.31 Å². The second-order valence-corrected chi connectivity index (χ2v) is 7.49. The van der Waals surface area contributed by atoms with Gasteiger partial charge in [-0.2, -0.15) is 4.31 Å². The first kappa shape index (κ1) is 12.3. The predicted molar refractivity (Wildman–Crippen MR) is 64.7 cm³/mol. The number of nitrogens with one attached hydrogen (secondary N) is 1. The molecule has 2 aliphatic rings. The van der Waals surface area contributed by atoms with E-state index < -0.39 is 10.0 Å².